The lowest BCUT2D eigenvalue weighted by Gasteiger charge is -2.25. The molecule has 0 spiro atoms. The highest BCUT2D eigenvalue weighted by atomic mass is 15.2. The summed E-state index contributed by atoms with van der Waals surface area (Å²) in [5, 5.41) is 0. The van der Waals surface area contributed by atoms with Gasteiger partial charge >= 0.3 is 0 Å². The van der Waals surface area contributed by atoms with Crippen LogP contribution in [0.2, 0.25) is 0 Å². The third-order valence-electron chi connectivity index (χ3n) is 3.54. The van der Waals surface area contributed by atoms with Crippen LogP contribution in [-0.4, -0.2) is 21.5 Å². The number of nitrogens with two attached hydrogens (primary N) is 1. The molecule has 98 valence electrons. The summed E-state index contributed by atoms with van der Waals surface area (Å²) >= 11 is 0. The predicted molar refractivity (Wildman–Crippen MR) is 73.5 cm³/mol. The molecule has 0 bridgehead atoms. The minimum Gasteiger partial charge on any atom is -0.348 e. The van der Waals surface area contributed by atoms with Crippen molar-refractivity contribution in [1.82, 2.24) is 15.0 Å². The second-order valence-electron chi connectivity index (χ2n) is 4.70. The van der Waals surface area contributed by atoms with Crippen LogP contribution in [0.3, 0.4) is 0 Å². The number of hydrogen-bond acceptors (Lipinski definition) is 5. The fourth-order valence-corrected chi connectivity index (χ4v) is 2.57. The fraction of sp³-hybridized carbons (Fsp3) is 0.357. The summed E-state index contributed by atoms with van der Waals surface area (Å²) in [7, 11) is 0. The van der Waals surface area contributed by atoms with Gasteiger partial charge in [0.15, 0.2) is 0 Å². The van der Waals surface area contributed by atoms with Crippen LogP contribution in [0, 0.1) is 0 Å². The lowest BCUT2D eigenvalue weighted by atomic mass is 10.1. The molecule has 5 heteroatoms. The van der Waals surface area contributed by atoms with Crippen molar-refractivity contribution in [2.75, 3.05) is 11.4 Å². The maximum Gasteiger partial charge on any atom is 0.147 e. The van der Waals surface area contributed by atoms with E-state index in [4.69, 9.17) is 5.73 Å². The average molecular weight is 255 g/mol. The molecule has 2 aromatic rings. The zero-order chi connectivity index (χ0) is 13.1. The summed E-state index contributed by atoms with van der Waals surface area (Å²) < 4.78 is 0. The van der Waals surface area contributed by atoms with E-state index in [2.05, 4.69) is 32.0 Å². The first-order valence-corrected chi connectivity index (χ1v) is 6.56. The van der Waals surface area contributed by atoms with E-state index in [1.807, 2.05) is 18.6 Å². The number of aromatic nitrogens is 3. The van der Waals surface area contributed by atoms with Gasteiger partial charge in [-0.2, -0.15) is 0 Å². The molecule has 1 unspecified atom stereocenters. The maximum atomic E-state index is 5.55. The molecule has 3 heterocycles. The molecule has 0 amide bonds. The molecule has 5 nitrogen and oxygen atoms in total. The van der Waals surface area contributed by atoms with Gasteiger partial charge in [0, 0.05) is 25.5 Å². The quantitative estimate of drug-likeness (QED) is 0.903. The normalized spacial score (nSPS) is 18.8. The summed E-state index contributed by atoms with van der Waals surface area (Å²) in [6, 6.07) is 4.52. The number of hydrogen-bond donors (Lipinski definition) is 1. The Kier molecular flexibility index (Phi) is 3.37. The SMILES string of the molecule is NCc1cnc(N2CCCC2c2ccncc2)cn1. The van der Waals surface area contributed by atoms with E-state index >= 15 is 0 Å². The van der Waals surface area contributed by atoms with Crippen LogP contribution in [0.25, 0.3) is 0 Å². The van der Waals surface area contributed by atoms with E-state index in [1.165, 1.54) is 12.0 Å². The molecule has 1 aliphatic heterocycles. The summed E-state index contributed by atoms with van der Waals surface area (Å²) in [5.41, 5.74) is 7.66. The van der Waals surface area contributed by atoms with Crippen LogP contribution in [0.1, 0.15) is 30.1 Å². The summed E-state index contributed by atoms with van der Waals surface area (Å²) in [6.45, 7) is 1.45. The Bertz CT molecular complexity index is 525. The van der Waals surface area contributed by atoms with Crippen LogP contribution >= 0.6 is 0 Å². The zero-order valence-electron chi connectivity index (χ0n) is 10.7. The van der Waals surface area contributed by atoms with E-state index < -0.39 is 0 Å². The summed E-state index contributed by atoms with van der Waals surface area (Å²) in [4.78, 5) is 15.2. The minimum absolute atomic E-state index is 0.376. The topological polar surface area (TPSA) is 67.9 Å². The first-order valence-electron chi connectivity index (χ1n) is 6.56. The van der Waals surface area contributed by atoms with E-state index in [0.717, 1.165) is 24.5 Å². The molecule has 2 aromatic heterocycles. The summed E-state index contributed by atoms with van der Waals surface area (Å²) in [6.07, 6.45) is 9.58. The molecule has 1 fully saturated rings. The maximum absolute atomic E-state index is 5.55. The van der Waals surface area contributed by atoms with Crippen molar-refractivity contribution in [3.8, 4) is 0 Å². The van der Waals surface area contributed by atoms with Gasteiger partial charge in [0.25, 0.3) is 0 Å². The van der Waals surface area contributed by atoms with Crippen molar-refractivity contribution in [2.24, 2.45) is 5.73 Å². The highest BCUT2D eigenvalue weighted by molar-refractivity contribution is 5.42. The van der Waals surface area contributed by atoms with Gasteiger partial charge in [-0.1, -0.05) is 0 Å². The molecule has 0 saturated carbocycles. The molecule has 0 aromatic carbocycles. The van der Waals surface area contributed by atoms with Crippen LogP contribution in [-0.2, 0) is 6.54 Å². The molecule has 1 aliphatic rings. The Labute approximate surface area is 112 Å². The molecular weight excluding hydrogens is 238 g/mol. The Morgan fingerprint density at radius 1 is 1.21 bits per heavy atom. The average Bonchev–Trinajstić information content (AvgIpc) is 2.98. The standard InChI is InChI=1S/C14H17N5/c15-8-12-9-18-14(10-17-12)19-7-1-2-13(19)11-3-5-16-6-4-11/h3-6,9-10,13H,1-2,7-8,15H2. The molecule has 1 saturated heterocycles. The van der Waals surface area contributed by atoms with E-state index in [-0.39, 0.29) is 0 Å². The van der Waals surface area contributed by atoms with Gasteiger partial charge in [0.05, 0.1) is 24.1 Å². The van der Waals surface area contributed by atoms with Crippen LogP contribution in [0.4, 0.5) is 5.82 Å². The molecule has 1 atom stereocenters. The Morgan fingerprint density at radius 2 is 2.05 bits per heavy atom. The van der Waals surface area contributed by atoms with Gasteiger partial charge in [-0.05, 0) is 30.5 Å². The molecule has 3 rings (SSSR count). The second-order valence-corrected chi connectivity index (χ2v) is 4.70. The van der Waals surface area contributed by atoms with Crippen molar-refractivity contribution >= 4 is 5.82 Å². The number of pyridine rings is 1. The monoisotopic (exact) mass is 255 g/mol. The Balaban J connectivity index is 1.86. The predicted octanol–water partition coefficient (Wildman–Crippen LogP) is 1.67. The van der Waals surface area contributed by atoms with Crippen molar-refractivity contribution in [3.63, 3.8) is 0 Å². The van der Waals surface area contributed by atoms with Gasteiger partial charge in [-0.15, -0.1) is 0 Å². The fourth-order valence-electron chi connectivity index (χ4n) is 2.57. The third-order valence-corrected chi connectivity index (χ3v) is 3.54. The Hall–Kier alpha value is -2.01. The van der Waals surface area contributed by atoms with Crippen LogP contribution < -0.4 is 10.6 Å². The summed E-state index contributed by atoms with van der Waals surface area (Å²) in [5.74, 6) is 0.927. The minimum atomic E-state index is 0.376. The van der Waals surface area contributed by atoms with Crippen molar-refractivity contribution in [2.45, 2.75) is 25.4 Å². The number of nitrogens with zero attached hydrogens (tertiary/aromatic N) is 4. The van der Waals surface area contributed by atoms with Gasteiger partial charge in [0.2, 0.25) is 0 Å². The molecule has 0 aliphatic carbocycles. The largest absolute Gasteiger partial charge is 0.348 e. The molecular formula is C14H17N5. The van der Waals surface area contributed by atoms with E-state index in [0.29, 0.717) is 12.6 Å². The lowest BCUT2D eigenvalue weighted by Crippen LogP contribution is -2.23. The Morgan fingerprint density at radius 3 is 2.74 bits per heavy atom. The van der Waals surface area contributed by atoms with Crippen molar-refractivity contribution < 1.29 is 0 Å². The second kappa shape index (κ2) is 5.32. The zero-order valence-corrected chi connectivity index (χ0v) is 10.7. The molecule has 19 heavy (non-hydrogen) atoms. The number of rotatable bonds is 3. The van der Waals surface area contributed by atoms with Gasteiger partial charge < -0.3 is 10.6 Å². The third kappa shape index (κ3) is 2.42. The molecule has 0 radical (unpaired) electrons. The van der Waals surface area contributed by atoms with Gasteiger partial charge in [-0.3, -0.25) is 9.97 Å². The first-order chi connectivity index (χ1) is 9.38. The lowest BCUT2D eigenvalue weighted by molar-refractivity contribution is 0.707. The van der Waals surface area contributed by atoms with Crippen LogP contribution in [0.15, 0.2) is 36.9 Å². The molecule has 2 N–H and O–H groups in total. The van der Waals surface area contributed by atoms with Crippen molar-refractivity contribution in [3.05, 3.63) is 48.2 Å². The number of anilines is 1. The van der Waals surface area contributed by atoms with Crippen LogP contribution in [0.5, 0.6) is 0 Å². The first kappa shape index (κ1) is 12.0. The van der Waals surface area contributed by atoms with Crippen molar-refractivity contribution in [1.29, 1.82) is 0 Å². The van der Waals surface area contributed by atoms with Gasteiger partial charge in [0.1, 0.15) is 5.82 Å². The highest BCUT2D eigenvalue weighted by Gasteiger charge is 2.27. The smallest absolute Gasteiger partial charge is 0.147 e. The highest BCUT2D eigenvalue weighted by Crippen LogP contribution is 2.34. The van der Waals surface area contributed by atoms with E-state index in [1.54, 1.807) is 6.20 Å². The van der Waals surface area contributed by atoms with E-state index in [9.17, 15) is 0 Å². The van der Waals surface area contributed by atoms with Gasteiger partial charge in [-0.25, -0.2) is 4.98 Å².